The predicted molar refractivity (Wildman–Crippen MR) is 99.4 cm³/mol. The topological polar surface area (TPSA) is 119 Å². The molecule has 0 radical (unpaired) electrons. The van der Waals surface area contributed by atoms with E-state index in [-0.39, 0.29) is 19.6 Å². The van der Waals surface area contributed by atoms with Crippen LogP contribution in [0.5, 0.6) is 0 Å². The van der Waals surface area contributed by atoms with Gasteiger partial charge in [-0.1, -0.05) is 29.8 Å². The number of nitrogens with zero attached hydrogens (tertiary/aromatic N) is 1. The van der Waals surface area contributed by atoms with Crippen molar-refractivity contribution in [3.8, 4) is 0 Å². The van der Waals surface area contributed by atoms with Crippen LogP contribution in [0.2, 0.25) is 5.02 Å². The van der Waals surface area contributed by atoms with Crippen LogP contribution in [0, 0.1) is 0 Å². The zero-order valence-corrected chi connectivity index (χ0v) is 16.4. The molecule has 1 aromatic rings. The number of hydrogen-bond acceptors (Lipinski definition) is 6. The number of carboxylic acid groups (broad SMARTS) is 1. The zero-order chi connectivity index (χ0) is 20.6. The van der Waals surface area contributed by atoms with Crippen LogP contribution < -0.4 is 5.73 Å². The van der Waals surface area contributed by atoms with Gasteiger partial charge in [-0.3, -0.25) is 0 Å². The molecule has 27 heavy (non-hydrogen) atoms. The highest BCUT2D eigenvalue weighted by atomic mass is 35.5. The van der Waals surface area contributed by atoms with Crippen LogP contribution in [-0.2, 0) is 20.9 Å². The molecule has 1 unspecified atom stereocenters. The Balaban J connectivity index is 3.03. The Labute approximate surface area is 163 Å². The Bertz CT molecular complexity index is 674. The Hall–Kier alpha value is -2.32. The molecular weight excluding hydrogens is 376 g/mol. The Morgan fingerprint density at radius 1 is 1.22 bits per heavy atom. The molecule has 1 atom stereocenters. The number of hydrogen-bond donors (Lipinski definition) is 2. The van der Waals surface area contributed by atoms with Crippen molar-refractivity contribution in [1.82, 2.24) is 4.90 Å². The highest BCUT2D eigenvalue weighted by Crippen LogP contribution is 2.19. The summed E-state index contributed by atoms with van der Waals surface area (Å²) < 4.78 is 10.3. The summed E-state index contributed by atoms with van der Waals surface area (Å²) in [6.45, 7) is 4.80. The van der Waals surface area contributed by atoms with E-state index in [0.717, 1.165) is 0 Å². The molecular formula is C18H25ClN2O6. The number of carboxylic acids is 1. The van der Waals surface area contributed by atoms with E-state index < -0.39 is 29.8 Å². The first-order valence-electron chi connectivity index (χ1n) is 8.42. The number of imide groups is 1. The molecule has 2 amide bonds. The van der Waals surface area contributed by atoms with E-state index in [9.17, 15) is 19.5 Å². The van der Waals surface area contributed by atoms with Gasteiger partial charge in [0.05, 0.1) is 0 Å². The number of carbonyl (C=O) groups is 3. The maximum atomic E-state index is 12.5. The van der Waals surface area contributed by atoms with Crippen molar-refractivity contribution in [3.05, 3.63) is 34.9 Å². The van der Waals surface area contributed by atoms with Crippen LogP contribution in [0.25, 0.3) is 0 Å². The van der Waals surface area contributed by atoms with Gasteiger partial charge in [0.1, 0.15) is 18.2 Å². The summed E-state index contributed by atoms with van der Waals surface area (Å²) in [6.07, 6.45) is -1.95. The molecule has 8 nitrogen and oxygen atoms in total. The smallest absolute Gasteiger partial charge is 0.420 e. The molecule has 0 saturated heterocycles. The van der Waals surface area contributed by atoms with Crippen LogP contribution in [0.3, 0.4) is 0 Å². The molecule has 0 aliphatic carbocycles. The molecule has 0 fully saturated rings. The van der Waals surface area contributed by atoms with Gasteiger partial charge in [-0.2, -0.15) is 4.90 Å². The van der Waals surface area contributed by atoms with Crippen molar-refractivity contribution < 1.29 is 29.0 Å². The first-order chi connectivity index (χ1) is 12.6. The maximum absolute atomic E-state index is 12.5. The molecule has 1 rings (SSSR count). The first kappa shape index (κ1) is 22.7. The van der Waals surface area contributed by atoms with Crippen LogP contribution in [0.4, 0.5) is 9.59 Å². The lowest BCUT2D eigenvalue weighted by Gasteiger charge is -2.29. The van der Waals surface area contributed by atoms with Crippen molar-refractivity contribution in [2.75, 3.05) is 6.54 Å². The van der Waals surface area contributed by atoms with Gasteiger partial charge in [-0.15, -0.1) is 0 Å². The number of halogens is 1. The second kappa shape index (κ2) is 10.1. The number of aliphatic carboxylic acids is 1. The zero-order valence-electron chi connectivity index (χ0n) is 15.6. The van der Waals surface area contributed by atoms with Crippen molar-refractivity contribution in [2.45, 2.75) is 51.9 Å². The SMILES string of the molecule is CC(C)(C)OC(=O)N(C(=O)OCc1ccccc1Cl)C(CCCN)C(=O)O. The number of nitrogens with two attached hydrogens (primary N) is 1. The molecule has 0 heterocycles. The van der Waals surface area contributed by atoms with Gasteiger partial charge in [-0.25, -0.2) is 14.4 Å². The molecule has 0 aromatic heterocycles. The van der Waals surface area contributed by atoms with Crippen LogP contribution in [-0.4, -0.2) is 46.3 Å². The minimum absolute atomic E-state index is 0.0216. The fourth-order valence-corrected chi connectivity index (χ4v) is 2.33. The summed E-state index contributed by atoms with van der Waals surface area (Å²) in [5.74, 6) is -1.36. The lowest BCUT2D eigenvalue weighted by Crippen LogP contribution is -2.50. The molecule has 0 aliphatic rings. The first-order valence-corrected chi connectivity index (χ1v) is 8.80. The van der Waals surface area contributed by atoms with Crippen molar-refractivity contribution in [3.63, 3.8) is 0 Å². The number of benzene rings is 1. The minimum atomic E-state index is -1.46. The van der Waals surface area contributed by atoms with E-state index in [0.29, 0.717) is 21.9 Å². The Morgan fingerprint density at radius 3 is 2.37 bits per heavy atom. The van der Waals surface area contributed by atoms with Gasteiger partial charge in [0.25, 0.3) is 0 Å². The van der Waals surface area contributed by atoms with Crippen LogP contribution in [0.1, 0.15) is 39.2 Å². The summed E-state index contributed by atoms with van der Waals surface area (Å²) in [4.78, 5) is 37.1. The number of carbonyl (C=O) groups excluding carboxylic acids is 2. The summed E-state index contributed by atoms with van der Waals surface area (Å²) in [5.41, 5.74) is 5.02. The van der Waals surface area contributed by atoms with Gasteiger partial charge in [0.15, 0.2) is 0 Å². The average molecular weight is 401 g/mol. The molecule has 3 N–H and O–H groups in total. The molecule has 1 aromatic carbocycles. The third-order valence-corrected chi connectivity index (χ3v) is 3.74. The summed E-state index contributed by atoms with van der Waals surface area (Å²) >= 11 is 6.01. The molecule has 0 aliphatic heterocycles. The van der Waals surface area contributed by atoms with Gasteiger partial charge in [0, 0.05) is 10.6 Å². The molecule has 0 bridgehead atoms. The second-order valence-electron chi connectivity index (χ2n) is 6.78. The van der Waals surface area contributed by atoms with Crippen molar-refractivity contribution >= 4 is 29.8 Å². The predicted octanol–water partition coefficient (Wildman–Crippen LogP) is 3.41. The van der Waals surface area contributed by atoms with Gasteiger partial charge in [0.2, 0.25) is 0 Å². The standard InChI is InChI=1S/C18H25ClN2O6/c1-18(2,3)27-17(25)21(14(15(22)23)9-6-10-20)16(24)26-11-12-7-4-5-8-13(12)19/h4-5,7-8,14H,6,9-11,20H2,1-3H3,(H,22,23). The molecule has 0 spiro atoms. The van der Waals surface area contributed by atoms with Gasteiger partial charge in [-0.05, 0) is 46.2 Å². The van der Waals surface area contributed by atoms with Crippen LogP contribution >= 0.6 is 11.6 Å². The van der Waals surface area contributed by atoms with E-state index in [1.165, 1.54) is 0 Å². The lowest BCUT2D eigenvalue weighted by molar-refractivity contribution is -0.143. The summed E-state index contributed by atoms with van der Waals surface area (Å²) in [6, 6.07) is 5.24. The third-order valence-electron chi connectivity index (χ3n) is 3.37. The Kier molecular flexibility index (Phi) is 8.52. The summed E-state index contributed by atoms with van der Waals surface area (Å²) in [7, 11) is 0. The number of ether oxygens (including phenoxy) is 2. The Morgan fingerprint density at radius 2 is 1.85 bits per heavy atom. The number of amides is 2. The van der Waals surface area contributed by atoms with Crippen molar-refractivity contribution in [1.29, 1.82) is 0 Å². The highest BCUT2D eigenvalue weighted by molar-refractivity contribution is 6.31. The van der Waals surface area contributed by atoms with E-state index in [2.05, 4.69) is 0 Å². The normalized spacial score (nSPS) is 12.2. The number of rotatable bonds is 7. The average Bonchev–Trinajstić information content (AvgIpc) is 2.55. The largest absolute Gasteiger partial charge is 0.480 e. The quantitative estimate of drug-likeness (QED) is 0.719. The summed E-state index contributed by atoms with van der Waals surface area (Å²) in [5, 5.41) is 9.86. The molecule has 150 valence electrons. The highest BCUT2D eigenvalue weighted by Gasteiger charge is 2.38. The van der Waals surface area contributed by atoms with Crippen LogP contribution in [0.15, 0.2) is 24.3 Å². The third kappa shape index (κ3) is 7.44. The fraction of sp³-hybridized carbons (Fsp3) is 0.500. The monoisotopic (exact) mass is 400 g/mol. The van der Waals surface area contributed by atoms with E-state index in [1.54, 1.807) is 45.0 Å². The maximum Gasteiger partial charge on any atom is 0.420 e. The fourth-order valence-electron chi connectivity index (χ4n) is 2.14. The minimum Gasteiger partial charge on any atom is -0.480 e. The van der Waals surface area contributed by atoms with E-state index >= 15 is 0 Å². The molecule has 0 saturated carbocycles. The van der Waals surface area contributed by atoms with Gasteiger partial charge >= 0.3 is 18.2 Å². The lowest BCUT2D eigenvalue weighted by atomic mass is 10.1. The van der Waals surface area contributed by atoms with E-state index in [1.807, 2.05) is 0 Å². The van der Waals surface area contributed by atoms with Gasteiger partial charge < -0.3 is 20.3 Å². The second-order valence-corrected chi connectivity index (χ2v) is 7.19. The van der Waals surface area contributed by atoms with E-state index in [4.69, 9.17) is 26.8 Å². The van der Waals surface area contributed by atoms with Crippen molar-refractivity contribution in [2.24, 2.45) is 5.73 Å². The molecule has 9 heteroatoms.